The van der Waals surface area contributed by atoms with Gasteiger partial charge >= 0.3 is 5.97 Å². The lowest BCUT2D eigenvalue weighted by atomic mass is 9.78. The number of rotatable bonds is 4. The minimum atomic E-state index is -1.74. The highest BCUT2D eigenvalue weighted by atomic mass is 16.7. The average molecular weight is 591 g/mol. The van der Waals surface area contributed by atoms with E-state index < -0.39 is 78.0 Å². The third-order valence-electron chi connectivity index (χ3n) is 9.56. The number of likely N-dealkylation sites (N-methyl/N-ethyl adjacent to an activating group) is 2. The molecule has 41 heavy (non-hydrogen) atoms. The molecule has 0 aliphatic carbocycles. The van der Waals surface area contributed by atoms with Crippen LogP contribution in [0.25, 0.3) is 0 Å². The van der Waals surface area contributed by atoms with Crippen LogP contribution in [0, 0.1) is 17.8 Å². The molecule has 2 heterocycles. The summed E-state index contributed by atoms with van der Waals surface area (Å²) in [6.45, 7) is 14.2. The standard InChI is InChI=1S/C30H58N2O9/c1-12-22-30(8,38)27(35)19(5)32(11)15-16(2)14-29(7,37)26(34)17(3)25(18(4)28(36)40-22)41-23-13-21(31(9)10)24(33)20(6)39-23/h16-27,33-35,37-38H,12-15H2,1-11H3/t16-,17+,18-,19-,20-,21?,22-,23+,24-,25+,26-,27-,29-,30-/m1/s1. The summed E-state index contributed by atoms with van der Waals surface area (Å²) in [6, 6.07) is -0.740. The maximum absolute atomic E-state index is 13.6. The Balaban J connectivity index is 2.52. The summed E-state index contributed by atoms with van der Waals surface area (Å²) in [4.78, 5) is 17.4. The number of hydrogen-bond donors (Lipinski definition) is 5. The number of cyclic esters (lactones) is 1. The van der Waals surface area contributed by atoms with Gasteiger partial charge in [0.1, 0.15) is 17.8 Å². The summed E-state index contributed by atoms with van der Waals surface area (Å²) in [6.07, 6.45) is -5.65. The molecule has 0 aromatic rings. The largest absolute Gasteiger partial charge is 0.459 e. The molecular formula is C30H58N2O9. The number of ether oxygens (including phenoxy) is 3. The third-order valence-corrected chi connectivity index (χ3v) is 9.56. The highest BCUT2D eigenvalue weighted by molar-refractivity contribution is 5.73. The van der Waals surface area contributed by atoms with Crippen molar-refractivity contribution in [2.24, 2.45) is 17.8 Å². The van der Waals surface area contributed by atoms with Crippen molar-refractivity contribution < 1.29 is 44.5 Å². The van der Waals surface area contributed by atoms with Crippen molar-refractivity contribution in [1.82, 2.24) is 9.80 Å². The van der Waals surface area contributed by atoms with Crippen LogP contribution in [0.3, 0.4) is 0 Å². The first-order valence-electron chi connectivity index (χ1n) is 15.1. The Morgan fingerprint density at radius 3 is 2.17 bits per heavy atom. The summed E-state index contributed by atoms with van der Waals surface area (Å²) in [5, 5.41) is 56.3. The van der Waals surface area contributed by atoms with Crippen LogP contribution >= 0.6 is 0 Å². The highest BCUT2D eigenvalue weighted by Crippen LogP contribution is 2.35. The number of aliphatic hydroxyl groups excluding tert-OH is 3. The molecule has 2 rings (SSSR count). The van der Waals surface area contributed by atoms with Gasteiger partial charge in [0, 0.05) is 31.0 Å². The molecule has 0 radical (unpaired) electrons. The smallest absolute Gasteiger partial charge is 0.311 e. The molecule has 242 valence electrons. The number of aliphatic hydroxyl groups is 5. The Morgan fingerprint density at radius 1 is 1.05 bits per heavy atom. The predicted molar refractivity (Wildman–Crippen MR) is 155 cm³/mol. The van der Waals surface area contributed by atoms with Gasteiger partial charge in [0.15, 0.2) is 6.29 Å². The molecule has 0 amide bonds. The average Bonchev–Trinajstić information content (AvgIpc) is 2.88. The number of esters is 1. The maximum Gasteiger partial charge on any atom is 0.311 e. The molecule has 1 unspecified atom stereocenters. The summed E-state index contributed by atoms with van der Waals surface area (Å²) in [7, 11) is 5.55. The van der Waals surface area contributed by atoms with Gasteiger partial charge in [0.05, 0.1) is 35.9 Å². The van der Waals surface area contributed by atoms with E-state index in [1.54, 1.807) is 41.5 Å². The SMILES string of the molecule is CC[C@H]1OC(=O)[C@H](C)[C@@H](O[C@H]2CC(N(C)C)[C@H](O)[C@@H](C)O2)[C@H](C)[C@@H](O)[C@](C)(O)C[C@@H](C)CN(C)[C@H](C)[C@@H](O)[C@]1(C)O. The molecule has 11 heteroatoms. The summed E-state index contributed by atoms with van der Waals surface area (Å²) in [5.41, 5.74) is -3.27. The second kappa shape index (κ2) is 14.3. The van der Waals surface area contributed by atoms with Gasteiger partial charge < -0.3 is 49.5 Å². The molecule has 2 aliphatic rings. The van der Waals surface area contributed by atoms with E-state index in [4.69, 9.17) is 14.2 Å². The van der Waals surface area contributed by atoms with E-state index in [1.165, 1.54) is 6.92 Å². The van der Waals surface area contributed by atoms with E-state index in [0.29, 0.717) is 13.0 Å². The zero-order chi connectivity index (χ0) is 31.6. The van der Waals surface area contributed by atoms with Crippen LogP contribution in [-0.2, 0) is 19.0 Å². The zero-order valence-corrected chi connectivity index (χ0v) is 27.0. The molecule has 0 saturated carbocycles. The minimum absolute atomic E-state index is 0.0805. The van der Waals surface area contributed by atoms with E-state index in [-0.39, 0.29) is 24.8 Å². The Hall–Kier alpha value is -0.890. The minimum Gasteiger partial charge on any atom is -0.459 e. The van der Waals surface area contributed by atoms with Gasteiger partial charge in [0.25, 0.3) is 0 Å². The lowest BCUT2D eigenvalue weighted by Gasteiger charge is -2.44. The quantitative estimate of drug-likeness (QED) is 0.298. The molecule has 2 fully saturated rings. The van der Waals surface area contributed by atoms with Crippen molar-refractivity contribution in [3.63, 3.8) is 0 Å². The molecular weight excluding hydrogens is 532 g/mol. The highest BCUT2D eigenvalue weighted by Gasteiger charge is 2.49. The molecule has 0 spiro atoms. The van der Waals surface area contributed by atoms with E-state index in [9.17, 15) is 30.3 Å². The second-order valence-electron chi connectivity index (χ2n) is 13.6. The summed E-state index contributed by atoms with van der Waals surface area (Å²) < 4.78 is 18.3. The summed E-state index contributed by atoms with van der Waals surface area (Å²) >= 11 is 0. The van der Waals surface area contributed by atoms with Crippen molar-refractivity contribution in [2.75, 3.05) is 27.7 Å². The van der Waals surface area contributed by atoms with Gasteiger partial charge in [-0.3, -0.25) is 4.79 Å². The fourth-order valence-electron chi connectivity index (χ4n) is 6.71. The molecule has 2 aliphatic heterocycles. The third kappa shape index (κ3) is 8.39. The Morgan fingerprint density at radius 2 is 1.63 bits per heavy atom. The zero-order valence-electron chi connectivity index (χ0n) is 27.0. The fraction of sp³-hybridized carbons (Fsp3) is 0.967. The fourth-order valence-corrected chi connectivity index (χ4v) is 6.71. The maximum atomic E-state index is 13.6. The predicted octanol–water partition coefficient (Wildman–Crippen LogP) is 0.976. The van der Waals surface area contributed by atoms with Crippen LogP contribution in [0.1, 0.15) is 74.7 Å². The van der Waals surface area contributed by atoms with Crippen molar-refractivity contribution in [2.45, 2.75) is 141 Å². The molecule has 11 nitrogen and oxygen atoms in total. The van der Waals surface area contributed by atoms with Crippen LogP contribution < -0.4 is 0 Å². The Kier molecular flexibility index (Phi) is 12.6. The lowest BCUT2D eigenvalue weighted by Crippen LogP contribution is -2.59. The van der Waals surface area contributed by atoms with Gasteiger partial charge in [-0.25, -0.2) is 0 Å². The van der Waals surface area contributed by atoms with Crippen LogP contribution in [0.4, 0.5) is 0 Å². The van der Waals surface area contributed by atoms with Crippen molar-refractivity contribution in [3.8, 4) is 0 Å². The van der Waals surface area contributed by atoms with E-state index in [2.05, 4.69) is 0 Å². The van der Waals surface area contributed by atoms with Gasteiger partial charge in [-0.1, -0.05) is 20.8 Å². The topological polar surface area (TPSA) is 152 Å². The summed E-state index contributed by atoms with van der Waals surface area (Å²) in [5.74, 6) is -2.40. The van der Waals surface area contributed by atoms with Crippen LogP contribution in [0.5, 0.6) is 0 Å². The van der Waals surface area contributed by atoms with Crippen molar-refractivity contribution in [1.29, 1.82) is 0 Å². The Labute approximate surface area is 246 Å². The second-order valence-corrected chi connectivity index (χ2v) is 13.6. The Bertz CT molecular complexity index is 841. The first kappa shape index (κ1) is 36.3. The molecule has 5 N–H and O–H groups in total. The van der Waals surface area contributed by atoms with Crippen molar-refractivity contribution in [3.05, 3.63) is 0 Å². The molecule has 0 aromatic carbocycles. The number of nitrogens with zero attached hydrogens (tertiary/aromatic N) is 2. The first-order valence-corrected chi connectivity index (χ1v) is 15.1. The van der Waals surface area contributed by atoms with Gasteiger partial charge in [0.2, 0.25) is 0 Å². The number of hydrogen-bond acceptors (Lipinski definition) is 11. The molecule has 2 saturated heterocycles. The van der Waals surface area contributed by atoms with Gasteiger partial charge in [-0.15, -0.1) is 0 Å². The number of carbonyl (C=O) groups is 1. The van der Waals surface area contributed by atoms with Gasteiger partial charge in [-0.05, 0) is 74.5 Å². The first-order chi connectivity index (χ1) is 18.8. The van der Waals surface area contributed by atoms with E-state index in [1.807, 2.05) is 37.9 Å². The van der Waals surface area contributed by atoms with Crippen LogP contribution in [-0.4, -0.2) is 135 Å². The molecule has 14 atom stereocenters. The lowest BCUT2D eigenvalue weighted by molar-refractivity contribution is -0.269. The van der Waals surface area contributed by atoms with Gasteiger partial charge in [-0.2, -0.15) is 0 Å². The van der Waals surface area contributed by atoms with E-state index >= 15 is 0 Å². The monoisotopic (exact) mass is 590 g/mol. The molecule has 0 bridgehead atoms. The van der Waals surface area contributed by atoms with Crippen LogP contribution in [0.15, 0.2) is 0 Å². The van der Waals surface area contributed by atoms with Crippen molar-refractivity contribution >= 4 is 5.97 Å². The van der Waals surface area contributed by atoms with Crippen LogP contribution in [0.2, 0.25) is 0 Å². The normalized spacial score (nSPS) is 48.4. The van der Waals surface area contributed by atoms with E-state index in [0.717, 1.165) is 0 Å². The number of carbonyl (C=O) groups excluding carboxylic acids is 1. The molecule has 0 aromatic heterocycles.